The summed E-state index contributed by atoms with van der Waals surface area (Å²) < 4.78 is 13.0. The van der Waals surface area contributed by atoms with Crippen LogP contribution in [0.2, 0.25) is 0 Å². The summed E-state index contributed by atoms with van der Waals surface area (Å²) in [6, 6.07) is 16.5. The maximum Gasteiger partial charge on any atom is 0.231 e. The molecule has 2 aromatic carbocycles. The summed E-state index contributed by atoms with van der Waals surface area (Å²) in [5.41, 5.74) is 1.11. The quantitative estimate of drug-likeness (QED) is 0.705. The van der Waals surface area contributed by atoms with Crippen LogP contribution >= 0.6 is 0 Å². The SMILES string of the molecule is CN(C(=O)C1CC(c2ccc(F)cc2)C1)c1nccc2ccccc12. The van der Waals surface area contributed by atoms with E-state index >= 15 is 0 Å². The summed E-state index contributed by atoms with van der Waals surface area (Å²) in [5.74, 6) is 0.914. The van der Waals surface area contributed by atoms with Crippen LogP contribution in [0.15, 0.2) is 60.8 Å². The van der Waals surface area contributed by atoms with Crippen LogP contribution in [0, 0.1) is 11.7 Å². The summed E-state index contributed by atoms with van der Waals surface area (Å²) in [5, 5.41) is 2.06. The molecule has 4 rings (SSSR count). The van der Waals surface area contributed by atoms with Crippen molar-refractivity contribution in [1.29, 1.82) is 0 Å². The van der Waals surface area contributed by atoms with Gasteiger partial charge >= 0.3 is 0 Å². The van der Waals surface area contributed by atoms with E-state index in [0.717, 1.165) is 29.2 Å². The van der Waals surface area contributed by atoms with E-state index in [1.54, 1.807) is 18.1 Å². The zero-order valence-corrected chi connectivity index (χ0v) is 14.0. The van der Waals surface area contributed by atoms with Crippen LogP contribution in [-0.4, -0.2) is 17.9 Å². The van der Waals surface area contributed by atoms with Crippen molar-refractivity contribution in [1.82, 2.24) is 4.98 Å². The minimum absolute atomic E-state index is 0.000761. The number of aromatic nitrogens is 1. The van der Waals surface area contributed by atoms with Crippen LogP contribution in [0.4, 0.5) is 10.2 Å². The Morgan fingerprint density at radius 1 is 1.08 bits per heavy atom. The highest BCUT2D eigenvalue weighted by atomic mass is 19.1. The fourth-order valence-electron chi connectivity index (χ4n) is 3.58. The largest absolute Gasteiger partial charge is 0.299 e. The van der Waals surface area contributed by atoms with Gasteiger partial charge in [-0.25, -0.2) is 9.37 Å². The second kappa shape index (κ2) is 6.28. The predicted octanol–water partition coefficient (Wildman–Crippen LogP) is 4.53. The molecule has 1 fully saturated rings. The Kier molecular flexibility index (Phi) is 3.96. The van der Waals surface area contributed by atoms with E-state index in [4.69, 9.17) is 0 Å². The van der Waals surface area contributed by atoms with Crippen molar-refractivity contribution in [2.24, 2.45) is 5.92 Å². The third kappa shape index (κ3) is 2.88. The molecule has 4 heteroatoms. The molecule has 1 aliphatic rings. The van der Waals surface area contributed by atoms with Crippen LogP contribution in [-0.2, 0) is 4.79 Å². The van der Waals surface area contributed by atoms with Gasteiger partial charge in [0.15, 0.2) is 0 Å². The van der Waals surface area contributed by atoms with E-state index in [-0.39, 0.29) is 17.6 Å². The molecule has 0 spiro atoms. The number of rotatable bonds is 3. The molecule has 1 heterocycles. The average Bonchev–Trinajstić information content (AvgIpc) is 2.61. The highest BCUT2D eigenvalue weighted by Gasteiger charge is 2.37. The second-order valence-corrected chi connectivity index (χ2v) is 6.67. The standard InChI is InChI=1S/C21H19FN2O/c1-24(20-19-5-3-2-4-15(19)10-11-23-20)21(25)17-12-16(13-17)14-6-8-18(22)9-7-14/h2-11,16-17H,12-13H2,1H3. The van der Waals surface area contributed by atoms with Gasteiger partial charge in [0.05, 0.1) is 0 Å². The van der Waals surface area contributed by atoms with Gasteiger partial charge in [0.25, 0.3) is 0 Å². The van der Waals surface area contributed by atoms with E-state index in [1.165, 1.54) is 12.1 Å². The highest BCUT2D eigenvalue weighted by molar-refractivity contribution is 6.02. The van der Waals surface area contributed by atoms with Crippen molar-refractivity contribution in [2.45, 2.75) is 18.8 Å². The van der Waals surface area contributed by atoms with Crippen molar-refractivity contribution in [2.75, 3.05) is 11.9 Å². The lowest BCUT2D eigenvalue weighted by Gasteiger charge is -2.36. The number of hydrogen-bond donors (Lipinski definition) is 0. The summed E-state index contributed by atoms with van der Waals surface area (Å²) in [4.78, 5) is 18.9. The third-order valence-electron chi connectivity index (χ3n) is 5.13. The molecule has 1 aliphatic carbocycles. The lowest BCUT2D eigenvalue weighted by atomic mass is 9.71. The molecule has 0 saturated heterocycles. The lowest BCUT2D eigenvalue weighted by molar-refractivity contribution is -0.125. The first-order chi connectivity index (χ1) is 12.1. The van der Waals surface area contributed by atoms with Gasteiger partial charge in [-0.2, -0.15) is 0 Å². The fraction of sp³-hybridized carbons (Fsp3) is 0.238. The molecule has 0 radical (unpaired) electrons. The molecule has 3 nitrogen and oxygen atoms in total. The molecule has 3 aromatic rings. The molecule has 1 aromatic heterocycles. The predicted molar refractivity (Wildman–Crippen MR) is 97.0 cm³/mol. The summed E-state index contributed by atoms with van der Waals surface area (Å²) in [6.45, 7) is 0. The van der Waals surface area contributed by atoms with Gasteiger partial charge in [-0.3, -0.25) is 9.69 Å². The smallest absolute Gasteiger partial charge is 0.231 e. The number of anilines is 1. The topological polar surface area (TPSA) is 33.2 Å². The molecule has 0 atom stereocenters. The van der Waals surface area contributed by atoms with Gasteiger partial charge in [0.2, 0.25) is 5.91 Å². The molecule has 0 bridgehead atoms. The van der Waals surface area contributed by atoms with Crippen molar-refractivity contribution in [3.05, 3.63) is 72.2 Å². The first kappa shape index (κ1) is 15.8. The molecule has 0 N–H and O–H groups in total. The summed E-state index contributed by atoms with van der Waals surface area (Å²) in [7, 11) is 1.79. The number of benzene rings is 2. The van der Waals surface area contributed by atoms with E-state index < -0.39 is 0 Å². The van der Waals surface area contributed by atoms with Crippen molar-refractivity contribution < 1.29 is 9.18 Å². The van der Waals surface area contributed by atoms with Gasteiger partial charge < -0.3 is 0 Å². The van der Waals surface area contributed by atoms with Crippen LogP contribution in [0.5, 0.6) is 0 Å². The number of amides is 1. The van der Waals surface area contributed by atoms with Gasteiger partial charge in [-0.1, -0.05) is 36.4 Å². The molecule has 0 aliphatic heterocycles. The van der Waals surface area contributed by atoms with Crippen LogP contribution in [0.25, 0.3) is 10.8 Å². The zero-order valence-electron chi connectivity index (χ0n) is 14.0. The molecule has 126 valence electrons. The van der Waals surface area contributed by atoms with Gasteiger partial charge in [0, 0.05) is 24.5 Å². The number of fused-ring (bicyclic) bond motifs is 1. The van der Waals surface area contributed by atoms with E-state index in [0.29, 0.717) is 11.7 Å². The molecule has 1 saturated carbocycles. The maximum atomic E-state index is 13.0. The fourth-order valence-corrected chi connectivity index (χ4v) is 3.58. The Morgan fingerprint density at radius 2 is 1.80 bits per heavy atom. The summed E-state index contributed by atoms with van der Waals surface area (Å²) in [6.07, 6.45) is 3.35. The average molecular weight is 334 g/mol. The Labute approximate surface area is 146 Å². The molecular weight excluding hydrogens is 315 g/mol. The molecule has 25 heavy (non-hydrogen) atoms. The first-order valence-corrected chi connectivity index (χ1v) is 8.50. The first-order valence-electron chi connectivity index (χ1n) is 8.50. The van der Waals surface area contributed by atoms with Crippen LogP contribution < -0.4 is 4.90 Å². The van der Waals surface area contributed by atoms with Crippen molar-refractivity contribution in [3.63, 3.8) is 0 Å². The minimum atomic E-state index is -0.225. The number of pyridine rings is 1. The van der Waals surface area contributed by atoms with Gasteiger partial charge in [0.1, 0.15) is 11.6 Å². The normalized spacial score (nSPS) is 19.4. The summed E-state index contributed by atoms with van der Waals surface area (Å²) >= 11 is 0. The Bertz CT molecular complexity index is 911. The second-order valence-electron chi connectivity index (χ2n) is 6.67. The highest BCUT2D eigenvalue weighted by Crippen LogP contribution is 2.43. The van der Waals surface area contributed by atoms with E-state index in [9.17, 15) is 9.18 Å². The van der Waals surface area contributed by atoms with Gasteiger partial charge in [-0.05, 0) is 47.9 Å². The number of carbonyl (C=O) groups is 1. The maximum absolute atomic E-state index is 13.0. The monoisotopic (exact) mass is 334 g/mol. The number of halogens is 1. The van der Waals surface area contributed by atoms with E-state index in [2.05, 4.69) is 4.98 Å². The molecule has 0 unspecified atom stereocenters. The number of hydrogen-bond acceptors (Lipinski definition) is 2. The number of nitrogens with zero attached hydrogens (tertiary/aromatic N) is 2. The van der Waals surface area contributed by atoms with E-state index in [1.807, 2.05) is 42.5 Å². The van der Waals surface area contributed by atoms with Crippen LogP contribution in [0.3, 0.4) is 0 Å². The van der Waals surface area contributed by atoms with Crippen LogP contribution in [0.1, 0.15) is 24.3 Å². The Hall–Kier alpha value is -2.75. The molecular formula is C21H19FN2O. The third-order valence-corrected chi connectivity index (χ3v) is 5.13. The van der Waals surface area contributed by atoms with Crippen molar-refractivity contribution in [3.8, 4) is 0 Å². The van der Waals surface area contributed by atoms with Crippen molar-refractivity contribution >= 4 is 22.5 Å². The Balaban J connectivity index is 1.49. The number of carbonyl (C=O) groups excluding carboxylic acids is 1. The lowest BCUT2D eigenvalue weighted by Crippen LogP contribution is -2.39. The Morgan fingerprint density at radius 3 is 2.56 bits per heavy atom. The van der Waals surface area contributed by atoms with Gasteiger partial charge in [-0.15, -0.1) is 0 Å². The zero-order chi connectivity index (χ0) is 17.4. The molecule has 1 amide bonds. The minimum Gasteiger partial charge on any atom is -0.299 e.